The van der Waals surface area contributed by atoms with E-state index in [-0.39, 0.29) is 28.3 Å². The smallest absolute Gasteiger partial charge is 0.338 e. The van der Waals surface area contributed by atoms with E-state index in [1.807, 2.05) is 30.3 Å². The number of carbonyl (C=O) groups excluding carboxylic acids is 4. The Hall–Kier alpha value is -6.65. The molecule has 0 bridgehead atoms. The molecule has 1 unspecified atom stereocenters. The van der Waals surface area contributed by atoms with Crippen molar-refractivity contribution in [3.8, 4) is 51.5 Å². The first-order valence-electron chi connectivity index (χ1n) is 16.5. The van der Waals surface area contributed by atoms with Gasteiger partial charge < -0.3 is 23.7 Å². The predicted molar refractivity (Wildman–Crippen MR) is 200 cm³/mol. The number of nitriles is 1. The molecule has 54 heavy (non-hydrogen) atoms. The van der Waals surface area contributed by atoms with Crippen molar-refractivity contribution in [2.24, 2.45) is 0 Å². The number of ether oxygens (including phenoxy) is 5. The van der Waals surface area contributed by atoms with Crippen molar-refractivity contribution in [1.82, 2.24) is 4.98 Å². The molecule has 1 saturated heterocycles. The zero-order chi connectivity index (χ0) is 38.4. The van der Waals surface area contributed by atoms with E-state index in [9.17, 15) is 24.4 Å². The van der Waals surface area contributed by atoms with E-state index in [1.165, 1.54) is 52.7 Å². The molecule has 12 nitrogen and oxygen atoms in total. The molecule has 1 fully saturated rings. The van der Waals surface area contributed by atoms with Crippen LogP contribution >= 0.6 is 11.8 Å². The number of aromatic nitrogens is 1. The van der Waals surface area contributed by atoms with Crippen LogP contribution in [0.25, 0.3) is 22.4 Å². The van der Waals surface area contributed by atoms with Gasteiger partial charge in [-0.25, -0.2) is 14.7 Å². The normalized spacial score (nSPS) is 13.6. The Morgan fingerprint density at radius 2 is 1.46 bits per heavy atom. The molecule has 272 valence electrons. The lowest BCUT2D eigenvalue weighted by molar-refractivity contribution is -0.121. The molecule has 5 aromatic rings. The minimum absolute atomic E-state index is 0.131. The summed E-state index contributed by atoms with van der Waals surface area (Å²) in [4.78, 5) is 58.2. The molecule has 1 aliphatic rings. The zero-order valence-electron chi connectivity index (χ0n) is 29.7. The largest absolute Gasteiger partial charge is 0.497 e. The van der Waals surface area contributed by atoms with E-state index < -0.39 is 35.4 Å². The minimum Gasteiger partial charge on any atom is -0.497 e. The third kappa shape index (κ3) is 7.60. The van der Waals surface area contributed by atoms with Crippen LogP contribution in [0.1, 0.15) is 32.7 Å². The summed E-state index contributed by atoms with van der Waals surface area (Å²) in [6, 6.07) is 29.0. The lowest BCUT2D eigenvalue weighted by atomic mass is 9.98. The number of nitrogens with zero attached hydrogens (tertiary/aromatic N) is 3. The number of imide groups is 1. The maximum Gasteiger partial charge on any atom is 0.338 e. The number of thioether (sulfide) groups is 1. The number of ketones is 1. The van der Waals surface area contributed by atoms with Crippen LogP contribution in [0.4, 0.5) is 5.69 Å². The number of rotatable bonds is 13. The molecular formula is C41H33N3O9S. The topological polar surface area (TPSA) is 154 Å². The van der Waals surface area contributed by atoms with Crippen LogP contribution in [-0.4, -0.2) is 68.8 Å². The maximum atomic E-state index is 13.8. The van der Waals surface area contributed by atoms with Gasteiger partial charge in [-0.05, 0) is 72.3 Å². The predicted octanol–water partition coefficient (Wildman–Crippen LogP) is 6.79. The molecule has 1 atom stereocenters. The molecule has 0 saturated carbocycles. The van der Waals surface area contributed by atoms with Gasteiger partial charge in [0.15, 0.2) is 23.9 Å². The third-order valence-corrected chi connectivity index (χ3v) is 9.78. The van der Waals surface area contributed by atoms with E-state index in [4.69, 9.17) is 28.7 Å². The van der Waals surface area contributed by atoms with Crippen LogP contribution in [0.15, 0.2) is 102 Å². The number of esters is 1. The molecule has 0 aliphatic carbocycles. The van der Waals surface area contributed by atoms with Gasteiger partial charge in [-0.1, -0.05) is 42.1 Å². The molecule has 1 aromatic heterocycles. The summed E-state index contributed by atoms with van der Waals surface area (Å²) < 4.78 is 26.9. The molecule has 2 amide bonds. The standard InChI is InChI=1S/C41H33N3O9S/c1-49-29-16-12-25(13-17-29)33(45)23-53-41(48)26-10-14-28(15-11-26)44-37(46)21-36(40(44)47)54-39-31(22-42)30(20-32(43-39)24-8-6-5-7-9-24)27-18-34(50-2)38(52-4)35(19-27)51-3/h5-20,36H,21,23H2,1-4H3. The third-order valence-electron chi connectivity index (χ3n) is 8.61. The molecular weight excluding hydrogens is 711 g/mol. The summed E-state index contributed by atoms with van der Waals surface area (Å²) >= 11 is 1.03. The van der Waals surface area contributed by atoms with Gasteiger partial charge in [0.05, 0.1) is 56.2 Å². The highest BCUT2D eigenvalue weighted by Crippen LogP contribution is 2.44. The van der Waals surface area contributed by atoms with Crippen molar-refractivity contribution in [2.45, 2.75) is 16.7 Å². The van der Waals surface area contributed by atoms with E-state index in [0.29, 0.717) is 45.4 Å². The first-order chi connectivity index (χ1) is 26.2. The lowest BCUT2D eigenvalue weighted by Crippen LogP contribution is -2.31. The quantitative estimate of drug-likeness (QED) is 0.0709. The Bertz CT molecular complexity index is 2250. The maximum absolute atomic E-state index is 13.8. The fraction of sp³-hybridized carbons (Fsp3) is 0.171. The van der Waals surface area contributed by atoms with Crippen molar-refractivity contribution in [1.29, 1.82) is 5.26 Å². The van der Waals surface area contributed by atoms with E-state index in [1.54, 1.807) is 42.5 Å². The van der Waals surface area contributed by atoms with Gasteiger partial charge in [-0.15, -0.1) is 0 Å². The fourth-order valence-electron chi connectivity index (χ4n) is 5.86. The number of hydrogen-bond donors (Lipinski definition) is 0. The van der Waals surface area contributed by atoms with E-state index >= 15 is 0 Å². The average Bonchev–Trinajstić information content (AvgIpc) is 3.50. The summed E-state index contributed by atoms with van der Waals surface area (Å²) in [5.41, 5.74) is 3.35. The van der Waals surface area contributed by atoms with Gasteiger partial charge in [0, 0.05) is 23.1 Å². The number of Topliss-reactive ketones (excluding diaryl/α,β-unsaturated/α-hetero) is 1. The number of amides is 2. The molecule has 0 spiro atoms. The highest BCUT2D eigenvalue weighted by molar-refractivity contribution is 8.00. The molecule has 0 N–H and O–H groups in total. The summed E-state index contributed by atoms with van der Waals surface area (Å²) in [5.74, 6) is -0.352. The highest BCUT2D eigenvalue weighted by Gasteiger charge is 2.41. The van der Waals surface area contributed by atoms with Crippen molar-refractivity contribution in [3.63, 3.8) is 0 Å². The van der Waals surface area contributed by atoms with Gasteiger partial charge in [-0.2, -0.15) is 5.26 Å². The van der Waals surface area contributed by atoms with Crippen LogP contribution in [0.3, 0.4) is 0 Å². The molecule has 4 aromatic carbocycles. The molecule has 13 heteroatoms. The van der Waals surface area contributed by atoms with Crippen molar-refractivity contribution in [2.75, 3.05) is 39.9 Å². The molecule has 1 aliphatic heterocycles. The van der Waals surface area contributed by atoms with Crippen LogP contribution in [-0.2, 0) is 14.3 Å². The van der Waals surface area contributed by atoms with Crippen molar-refractivity contribution >= 4 is 41.0 Å². The van der Waals surface area contributed by atoms with E-state index in [2.05, 4.69) is 6.07 Å². The number of carbonyl (C=O) groups is 4. The first kappa shape index (κ1) is 37.1. The van der Waals surface area contributed by atoms with Gasteiger partial charge in [0.25, 0.3) is 0 Å². The summed E-state index contributed by atoms with van der Waals surface area (Å²) in [7, 11) is 6.01. The van der Waals surface area contributed by atoms with Crippen LogP contribution < -0.4 is 23.8 Å². The van der Waals surface area contributed by atoms with Gasteiger partial charge in [0.1, 0.15) is 16.8 Å². The second-order valence-electron chi connectivity index (χ2n) is 11.8. The van der Waals surface area contributed by atoms with Crippen LogP contribution in [0.2, 0.25) is 0 Å². The molecule has 2 heterocycles. The van der Waals surface area contributed by atoms with Crippen molar-refractivity contribution < 1.29 is 42.9 Å². The Kier molecular flexibility index (Phi) is 11.2. The number of hydrogen-bond acceptors (Lipinski definition) is 12. The number of methoxy groups -OCH3 is 4. The lowest BCUT2D eigenvalue weighted by Gasteiger charge is -2.18. The van der Waals surface area contributed by atoms with E-state index in [0.717, 1.165) is 22.2 Å². The number of pyridine rings is 1. The van der Waals surface area contributed by atoms with Crippen LogP contribution in [0, 0.1) is 11.3 Å². The van der Waals surface area contributed by atoms with Gasteiger partial charge in [-0.3, -0.25) is 14.4 Å². The second-order valence-corrected chi connectivity index (χ2v) is 13.0. The summed E-state index contributed by atoms with van der Waals surface area (Å²) in [5, 5.41) is 9.86. The molecule has 6 rings (SSSR count). The Morgan fingerprint density at radius 1 is 0.815 bits per heavy atom. The SMILES string of the molecule is COc1ccc(C(=O)COC(=O)c2ccc(N3C(=O)CC(Sc4nc(-c5ccccc5)cc(-c5cc(OC)c(OC)c(OC)c5)c4C#N)C3=O)cc2)cc1. The second kappa shape index (κ2) is 16.4. The minimum atomic E-state index is -0.899. The average molecular weight is 744 g/mol. The highest BCUT2D eigenvalue weighted by atomic mass is 32.2. The number of anilines is 1. The Morgan fingerprint density at radius 3 is 2.06 bits per heavy atom. The Labute approximate surface area is 315 Å². The van der Waals surface area contributed by atoms with Gasteiger partial charge >= 0.3 is 5.97 Å². The number of benzene rings is 4. The monoisotopic (exact) mass is 743 g/mol. The van der Waals surface area contributed by atoms with Gasteiger partial charge in [0.2, 0.25) is 17.6 Å². The summed E-state index contributed by atoms with van der Waals surface area (Å²) in [6.45, 7) is -0.472. The van der Waals surface area contributed by atoms with Crippen LogP contribution in [0.5, 0.6) is 23.0 Å². The fourth-order valence-corrected chi connectivity index (χ4v) is 6.99. The Balaban J connectivity index is 1.25. The molecule has 0 radical (unpaired) electrons. The van der Waals surface area contributed by atoms with Crippen molar-refractivity contribution in [3.05, 3.63) is 114 Å². The first-order valence-corrected chi connectivity index (χ1v) is 17.4. The summed E-state index contributed by atoms with van der Waals surface area (Å²) in [6.07, 6.45) is -0.150. The zero-order valence-corrected chi connectivity index (χ0v) is 30.5.